The van der Waals surface area contributed by atoms with E-state index in [-0.39, 0.29) is 5.91 Å². The van der Waals surface area contributed by atoms with Gasteiger partial charge in [0.2, 0.25) is 0 Å². The van der Waals surface area contributed by atoms with Crippen molar-refractivity contribution in [2.75, 3.05) is 31.5 Å². The number of thiazole rings is 1. The number of fused-ring (bicyclic) bond motifs is 1. The second-order valence-corrected chi connectivity index (χ2v) is 7.88. The molecule has 1 fully saturated rings. The number of benzene rings is 2. The fourth-order valence-electron chi connectivity index (χ4n) is 3.41. The van der Waals surface area contributed by atoms with Crippen LogP contribution in [-0.2, 0) is 6.54 Å². The molecule has 0 radical (unpaired) electrons. The summed E-state index contributed by atoms with van der Waals surface area (Å²) in [6.07, 6.45) is 2.56. The fraction of sp³-hybridized carbons (Fsp3) is 0.333. The number of rotatable bonds is 7. The molecule has 2 heterocycles. The third-order valence-corrected chi connectivity index (χ3v) is 5.77. The first kappa shape index (κ1) is 17.9. The molecule has 0 unspecified atom stereocenters. The van der Waals surface area contributed by atoms with Gasteiger partial charge in [-0.25, -0.2) is 4.98 Å². The standard InChI is InChI=1S/C21H24N4OS/c26-20(17-7-5-6-16(14-17)15-25-12-3-4-13-25)22-10-11-23-21-24-18-8-1-2-9-19(18)27-21/h1-2,5-9,14H,3-4,10-13,15H2,(H,22,26)(H,23,24). The molecule has 0 atom stereocenters. The molecule has 140 valence electrons. The van der Waals surface area contributed by atoms with Crippen LogP contribution in [0.25, 0.3) is 10.2 Å². The smallest absolute Gasteiger partial charge is 0.251 e. The van der Waals surface area contributed by atoms with Crippen LogP contribution in [0.3, 0.4) is 0 Å². The number of anilines is 1. The van der Waals surface area contributed by atoms with Gasteiger partial charge < -0.3 is 10.6 Å². The van der Waals surface area contributed by atoms with Gasteiger partial charge in [-0.2, -0.15) is 0 Å². The van der Waals surface area contributed by atoms with Crippen LogP contribution < -0.4 is 10.6 Å². The molecule has 2 N–H and O–H groups in total. The largest absolute Gasteiger partial charge is 0.360 e. The summed E-state index contributed by atoms with van der Waals surface area (Å²) in [7, 11) is 0. The summed E-state index contributed by atoms with van der Waals surface area (Å²) >= 11 is 1.63. The SMILES string of the molecule is O=C(NCCNc1nc2ccccc2s1)c1cccc(CN2CCCC2)c1. The number of amides is 1. The fourth-order valence-corrected chi connectivity index (χ4v) is 4.30. The summed E-state index contributed by atoms with van der Waals surface area (Å²) in [5.41, 5.74) is 2.94. The van der Waals surface area contributed by atoms with Crippen molar-refractivity contribution in [2.24, 2.45) is 0 Å². The van der Waals surface area contributed by atoms with E-state index in [2.05, 4.69) is 32.7 Å². The minimum atomic E-state index is -0.0237. The van der Waals surface area contributed by atoms with E-state index in [1.807, 2.05) is 36.4 Å². The van der Waals surface area contributed by atoms with Gasteiger partial charge in [0.15, 0.2) is 5.13 Å². The summed E-state index contributed by atoms with van der Waals surface area (Å²) in [5, 5.41) is 7.16. The van der Waals surface area contributed by atoms with Gasteiger partial charge in [0.25, 0.3) is 5.91 Å². The van der Waals surface area contributed by atoms with Crippen molar-refractivity contribution in [3.63, 3.8) is 0 Å². The summed E-state index contributed by atoms with van der Waals surface area (Å²) in [6, 6.07) is 16.0. The predicted molar refractivity (Wildman–Crippen MR) is 111 cm³/mol. The zero-order chi connectivity index (χ0) is 18.5. The van der Waals surface area contributed by atoms with Gasteiger partial charge >= 0.3 is 0 Å². The molecule has 0 spiro atoms. The van der Waals surface area contributed by atoms with Gasteiger partial charge in [0, 0.05) is 25.2 Å². The molecule has 0 saturated carbocycles. The Kier molecular flexibility index (Phi) is 5.65. The molecular weight excluding hydrogens is 356 g/mol. The Bertz CT molecular complexity index is 884. The molecule has 1 amide bonds. The third kappa shape index (κ3) is 4.64. The lowest BCUT2D eigenvalue weighted by Crippen LogP contribution is -2.29. The zero-order valence-electron chi connectivity index (χ0n) is 15.3. The minimum absolute atomic E-state index is 0.0237. The summed E-state index contributed by atoms with van der Waals surface area (Å²) in [5.74, 6) is -0.0237. The third-order valence-electron chi connectivity index (χ3n) is 4.77. The van der Waals surface area contributed by atoms with Crippen molar-refractivity contribution in [1.82, 2.24) is 15.2 Å². The van der Waals surface area contributed by atoms with Crippen LogP contribution in [-0.4, -0.2) is 42.0 Å². The Balaban J connectivity index is 1.26. The van der Waals surface area contributed by atoms with E-state index in [1.165, 1.54) is 23.1 Å². The number of hydrogen-bond donors (Lipinski definition) is 2. The zero-order valence-corrected chi connectivity index (χ0v) is 16.1. The molecule has 6 heteroatoms. The van der Waals surface area contributed by atoms with Crippen molar-refractivity contribution < 1.29 is 4.79 Å². The van der Waals surface area contributed by atoms with Crippen LogP contribution in [0.2, 0.25) is 0 Å². The predicted octanol–water partition coefficient (Wildman–Crippen LogP) is 3.73. The molecule has 1 aliphatic rings. The average Bonchev–Trinajstić information content (AvgIpc) is 3.34. The lowest BCUT2D eigenvalue weighted by Gasteiger charge is -2.15. The molecule has 1 saturated heterocycles. The van der Waals surface area contributed by atoms with Crippen molar-refractivity contribution in [3.05, 3.63) is 59.7 Å². The molecule has 4 rings (SSSR count). The minimum Gasteiger partial charge on any atom is -0.360 e. The van der Waals surface area contributed by atoms with Crippen molar-refractivity contribution >= 4 is 32.6 Å². The normalized spacial score (nSPS) is 14.5. The summed E-state index contributed by atoms with van der Waals surface area (Å²) < 4.78 is 1.17. The van der Waals surface area contributed by atoms with Gasteiger partial charge in [0.05, 0.1) is 10.2 Å². The van der Waals surface area contributed by atoms with E-state index in [9.17, 15) is 4.79 Å². The van der Waals surface area contributed by atoms with Crippen LogP contribution >= 0.6 is 11.3 Å². The highest BCUT2D eigenvalue weighted by atomic mass is 32.1. The van der Waals surface area contributed by atoms with E-state index < -0.39 is 0 Å². The number of likely N-dealkylation sites (tertiary alicyclic amines) is 1. The molecule has 27 heavy (non-hydrogen) atoms. The lowest BCUT2D eigenvalue weighted by molar-refractivity contribution is 0.0955. The van der Waals surface area contributed by atoms with Gasteiger partial charge in [-0.3, -0.25) is 9.69 Å². The van der Waals surface area contributed by atoms with E-state index in [4.69, 9.17) is 0 Å². The van der Waals surface area contributed by atoms with E-state index in [0.29, 0.717) is 13.1 Å². The Morgan fingerprint density at radius 3 is 2.78 bits per heavy atom. The highest BCUT2D eigenvalue weighted by Gasteiger charge is 2.13. The topological polar surface area (TPSA) is 57.3 Å². The number of nitrogens with one attached hydrogen (secondary N) is 2. The Hall–Kier alpha value is -2.44. The van der Waals surface area contributed by atoms with Gasteiger partial charge in [-0.1, -0.05) is 35.6 Å². The van der Waals surface area contributed by atoms with Crippen LogP contribution in [0, 0.1) is 0 Å². The molecule has 5 nitrogen and oxygen atoms in total. The second-order valence-electron chi connectivity index (χ2n) is 6.85. The first-order valence-electron chi connectivity index (χ1n) is 9.47. The molecule has 3 aromatic rings. The van der Waals surface area contributed by atoms with Crippen LogP contribution in [0.5, 0.6) is 0 Å². The Morgan fingerprint density at radius 1 is 1.07 bits per heavy atom. The Morgan fingerprint density at radius 2 is 1.93 bits per heavy atom. The van der Waals surface area contributed by atoms with Crippen molar-refractivity contribution in [2.45, 2.75) is 19.4 Å². The molecule has 0 bridgehead atoms. The average molecular weight is 381 g/mol. The van der Waals surface area contributed by atoms with Crippen LogP contribution in [0.15, 0.2) is 48.5 Å². The van der Waals surface area contributed by atoms with E-state index in [1.54, 1.807) is 11.3 Å². The number of carbonyl (C=O) groups excluding carboxylic acids is 1. The maximum absolute atomic E-state index is 12.4. The number of para-hydroxylation sites is 1. The van der Waals surface area contributed by atoms with Crippen LogP contribution in [0.4, 0.5) is 5.13 Å². The van der Waals surface area contributed by atoms with E-state index in [0.717, 1.165) is 35.8 Å². The molecule has 1 aromatic heterocycles. The number of aromatic nitrogens is 1. The number of nitrogens with zero attached hydrogens (tertiary/aromatic N) is 2. The maximum atomic E-state index is 12.4. The van der Waals surface area contributed by atoms with Crippen molar-refractivity contribution in [1.29, 1.82) is 0 Å². The molecule has 1 aliphatic heterocycles. The van der Waals surface area contributed by atoms with Gasteiger partial charge in [-0.15, -0.1) is 0 Å². The number of hydrogen-bond acceptors (Lipinski definition) is 5. The van der Waals surface area contributed by atoms with E-state index >= 15 is 0 Å². The van der Waals surface area contributed by atoms with Crippen LogP contribution in [0.1, 0.15) is 28.8 Å². The summed E-state index contributed by atoms with van der Waals surface area (Å²) in [6.45, 7) is 4.46. The van der Waals surface area contributed by atoms with Gasteiger partial charge in [0.1, 0.15) is 0 Å². The highest BCUT2D eigenvalue weighted by molar-refractivity contribution is 7.22. The molecular formula is C21H24N4OS. The monoisotopic (exact) mass is 380 g/mol. The maximum Gasteiger partial charge on any atom is 0.251 e. The first-order chi connectivity index (χ1) is 13.3. The highest BCUT2D eigenvalue weighted by Crippen LogP contribution is 2.24. The second kappa shape index (κ2) is 8.50. The molecule has 2 aromatic carbocycles. The quantitative estimate of drug-likeness (QED) is 0.613. The van der Waals surface area contributed by atoms with Crippen molar-refractivity contribution in [3.8, 4) is 0 Å². The number of carbonyl (C=O) groups is 1. The molecule has 0 aliphatic carbocycles. The summed E-state index contributed by atoms with van der Waals surface area (Å²) in [4.78, 5) is 19.4. The Labute approximate surface area is 163 Å². The lowest BCUT2D eigenvalue weighted by atomic mass is 10.1. The van der Waals surface area contributed by atoms with Gasteiger partial charge in [-0.05, 0) is 55.8 Å². The first-order valence-corrected chi connectivity index (χ1v) is 10.3.